The summed E-state index contributed by atoms with van der Waals surface area (Å²) in [5.41, 5.74) is 8.16. The largest absolute Gasteiger partial charge is 0.465 e. The molecule has 238 valence electrons. The number of aliphatic imine (C=N–C) groups is 1. The van der Waals surface area contributed by atoms with E-state index in [-0.39, 0.29) is 5.91 Å². The number of esters is 1. The van der Waals surface area contributed by atoms with E-state index < -0.39 is 14.0 Å². The van der Waals surface area contributed by atoms with E-state index in [9.17, 15) is 9.59 Å². The number of benzene rings is 1. The van der Waals surface area contributed by atoms with Crippen LogP contribution in [0, 0.1) is 18.8 Å². The Morgan fingerprint density at radius 3 is 2.65 bits per heavy atom. The minimum Gasteiger partial charge on any atom is -0.465 e. The number of hydrogen-bond acceptors (Lipinski definition) is 7. The fourth-order valence-electron chi connectivity index (χ4n) is 7.36. The predicted molar refractivity (Wildman–Crippen MR) is 180 cm³/mol. The third kappa shape index (κ3) is 5.00. The van der Waals surface area contributed by atoms with Crippen molar-refractivity contribution in [1.29, 1.82) is 0 Å². The highest BCUT2D eigenvalue weighted by atomic mass is 28.3. The minimum absolute atomic E-state index is 0.339. The Hall–Kier alpha value is -4.09. The zero-order chi connectivity index (χ0) is 31.9. The molecule has 8 rings (SSSR count). The highest BCUT2D eigenvalue weighted by molar-refractivity contribution is 6.76. The maximum absolute atomic E-state index is 14.0. The third-order valence-electron chi connectivity index (χ3n) is 10.1. The fourth-order valence-corrected chi connectivity index (χ4v) is 8.11. The Morgan fingerprint density at radius 1 is 1.09 bits per heavy atom. The second-order valence-electron chi connectivity index (χ2n) is 14.5. The van der Waals surface area contributed by atoms with Crippen LogP contribution < -0.4 is 4.90 Å². The average molecular weight is 637 g/mol. The molecule has 0 N–H and O–H groups in total. The summed E-state index contributed by atoms with van der Waals surface area (Å²) in [6.45, 7) is 12.9. The number of anilines is 1. The SMILES string of the molecule is COC(=O)c1cc2c3c(c1)c(C(=O)N=C1CCc4c1nn(COCC[Si](C)(C)C)c4C)cn3Cc1ccc(N3CC4CC4C3)nc1-2. The number of piperidine rings is 1. The van der Waals surface area contributed by atoms with Crippen LogP contribution in [0.15, 0.2) is 35.5 Å². The van der Waals surface area contributed by atoms with Crippen LogP contribution in [0.1, 0.15) is 56.1 Å². The van der Waals surface area contributed by atoms with E-state index in [1.54, 1.807) is 6.07 Å². The number of hydrogen-bond donors (Lipinski definition) is 0. The van der Waals surface area contributed by atoms with Crippen LogP contribution >= 0.6 is 0 Å². The molecule has 1 saturated carbocycles. The molecule has 2 atom stereocenters. The molecule has 4 aromatic rings. The number of aromatic nitrogens is 4. The molecule has 4 aliphatic rings. The summed E-state index contributed by atoms with van der Waals surface area (Å²) in [6, 6.07) is 8.95. The van der Waals surface area contributed by atoms with Gasteiger partial charge in [0.05, 0.1) is 35.2 Å². The second kappa shape index (κ2) is 10.7. The first-order valence-corrected chi connectivity index (χ1v) is 20.1. The lowest BCUT2D eigenvalue weighted by molar-refractivity contribution is 0.0600. The van der Waals surface area contributed by atoms with Gasteiger partial charge in [0.25, 0.3) is 5.91 Å². The first kappa shape index (κ1) is 29.3. The van der Waals surface area contributed by atoms with Crippen molar-refractivity contribution in [3.63, 3.8) is 0 Å². The molecule has 11 heteroatoms. The van der Waals surface area contributed by atoms with Crippen molar-refractivity contribution in [1.82, 2.24) is 19.3 Å². The summed E-state index contributed by atoms with van der Waals surface area (Å²) < 4.78 is 15.1. The maximum atomic E-state index is 14.0. The Bertz CT molecular complexity index is 1960. The van der Waals surface area contributed by atoms with E-state index in [1.165, 1.54) is 13.5 Å². The van der Waals surface area contributed by atoms with Crippen LogP contribution in [0.25, 0.3) is 22.2 Å². The van der Waals surface area contributed by atoms with Crippen molar-refractivity contribution in [2.45, 2.75) is 65.1 Å². The highest BCUT2D eigenvalue weighted by Crippen LogP contribution is 2.47. The topological polar surface area (TPSA) is 104 Å². The normalized spacial score (nSPS) is 20.3. The molecule has 1 saturated heterocycles. The standard InChI is InChI=1S/C35H40N6O4Si/c1-20-25-7-8-29(32(25)38-41(20)19-45-10-11-46(3,4)5)36-34(42)28-18-40-15-21-6-9-30(39-16-23-12-24(23)17-39)37-31(21)27-14-22(35(43)44-2)13-26(28)33(27)40/h6,9,13-14,18,23-24H,7-8,10-12,15-17,19H2,1-5H3. The number of carbonyl (C=O) groups is 2. The average Bonchev–Trinajstić information content (AvgIpc) is 3.36. The molecule has 5 heterocycles. The maximum Gasteiger partial charge on any atom is 0.337 e. The number of ether oxygens (including phenoxy) is 2. The monoisotopic (exact) mass is 636 g/mol. The molecule has 2 unspecified atom stereocenters. The van der Waals surface area contributed by atoms with Gasteiger partial charge in [-0.3, -0.25) is 4.79 Å². The van der Waals surface area contributed by atoms with Crippen LogP contribution in [-0.4, -0.2) is 71.8 Å². The summed E-state index contributed by atoms with van der Waals surface area (Å²) in [7, 11) is 0.199. The highest BCUT2D eigenvalue weighted by Gasteiger charge is 2.45. The van der Waals surface area contributed by atoms with Crippen LogP contribution in [0.5, 0.6) is 0 Å². The van der Waals surface area contributed by atoms with Gasteiger partial charge in [0, 0.05) is 62.7 Å². The molecule has 2 aliphatic heterocycles. The summed E-state index contributed by atoms with van der Waals surface area (Å²) in [6.07, 6.45) is 4.66. The van der Waals surface area contributed by atoms with E-state index in [0.717, 1.165) is 89.1 Å². The minimum atomic E-state index is -1.18. The fraction of sp³-hybridized carbons (Fsp3) is 0.457. The van der Waals surface area contributed by atoms with E-state index in [0.29, 0.717) is 41.9 Å². The van der Waals surface area contributed by atoms with E-state index in [2.05, 4.69) is 53.2 Å². The molecular formula is C35H40N6O4Si. The molecule has 10 nitrogen and oxygen atoms in total. The van der Waals surface area contributed by atoms with Gasteiger partial charge in [0.2, 0.25) is 0 Å². The third-order valence-corrected chi connectivity index (χ3v) is 11.9. The van der Waals surface area contributed by atoms with Crippen molar-refractivity contribution in [2.24, 2.45) is 16.8 Å². The zero-order valence-electron chi connectivity index (χ0n) is 27.2. The second-order valence-corrected chi connectivity index (χ2v) is 20.2. The molecule has 0 bridgehead atoms. The molecule has 3 aromatic heterocycles. The summed E-state index contributed by atoms with van der Waals surface area (Å²) in [5, 5.41) is 5.51. The number of amides is 1. The number of fused-ring (bicyclic) bond motifs is 4. The molecule has 0 spiro atoms. The molecule has 46 heavy (non-hydrogen) atoms. The van der Waals surface area contributed by atoms with Gasteiger partial charge < -0.3 is 18.9 Å². The van der Waals surface area contributed by atoms with Crippen molar-refractivity contribution < 1.29 is 19.1 Å². The Balaban J connectivity index is 1.13. The van der Waals surface area contributed by atoms with Gasteiger partial charge in [-0.15, -0.1) is 0 Å². The van der Waals surface area contributed by atoms with Gasteiger partial charge in [-0.25, -0.2) is 19.5 Å². The number of methoxy groups -OCH3 is 1. The lowest BCUT2D eigenvalue weighted by atomic mass is 9.96. The first-order chi connectivity index (χ1) is 22.1. The molecule has 2 aliphatic carbocycles. The molecule has 0 radical (unpaired) electrons. The Morgan fingerprint density at radius 2 is 1.89 bits per heavy atom. The van der Waals surface area contributed by atoms with Gasteiger partial charge >= 0.3 is 5.97 Å². The first-order valence-electron chi connectivity index (χ1n) is 16.3. The predicted octanol–water partition coefficient (Wildman–Crippen LogP) is 5.70. The summed E-state index contributed by atoms with van der Waals surface area (Å²) in [4.78, 5) is 39.0. The van der Waals surface area contributed by atoms with E-state index >= 15 is 0 Å². The summed E-state index contributed by atoms with van der Waals surface area (Å²) >= 11 is 0. The zero-order valence-corrected chi connectivity index (χ0v) is 28.2. The van der Waals surface area contributed by atoms with Gasteiger partial charge in [-0.2, -0.15) is 5.10 Å². The van der Waals surface area contributed by atoms with Gasteiger partial charge in [-0.05, 0) is 67.8 Å². The van der Waals surface area contributed by atoms with Crippen molar-refractivity contribution in [2.75, 3.05) is 31.7 Å². The van der Waals surface area contributed by atoms with Crippen LogP contribution in [-0.2, 0) is 29.2 Å². The number of pyridine rings is 1. The molecule has 2 fully saturated rings. The Labute approximate surface area is 269 Å². The number of nitrogens with zero attached hydrogens (tertiary/aromatic N) is 6. The van der Waals surface area contributed by atoms with Gasteiger partial charge in [0.15, 0.2) is 0 Å². The van der Waals surface area contributed by atoms with Crippen LogP contribution in [0.2, 0.25) is 25.7 Å². The molecule has 1 amide bonds. The van der Waals surface area contributed by atoms with Crippen molar-refractivity contribution >= 4 is 42.4 Å². The molecule has 1 aromatic carbocycles. The lowest BCUT2D eigenvalue weighted by Gasteiger charge is -2.24. The Kier molecular flexibility index (Phi) is 6.84. The van der Waals surface area contributed by atoms with E-state index in [1.807, 2.05) is 16.9 Å². The summed E-state index contributed by atoms with van der Waals surface area (Å²) in [5.74, 6) is 1.77. The molecular weight excluding hydrogens is 597 g/mol. The van der Waals surface area contributed by atoms with Gasteiger partial charge in [-0.1, -0.05) is 25.7 Å². The van der Waals surface area contributed by atoms with Crippen molar-refractivity contribution in [3.8, 4) is 11.3 Å². The smallest absolute Gasteiger partial charge is 0.337 e. The quantitative estimate of drug-likeness (QED) is 0.122. The number of rotatable bonds is 8. The lowest BCUT2D eigenvalue weighted by Crippen LogP contribution is -2.23. The van der Waals surface area contributed by atoms with Crippen molar-refractivity contribution in [3.05, 3.63) is 64.1 Å². The number of carbonyl (C=O) groups excluding carboxylic acids is 2. The van der Waals surface area contributed by atoms with E-state index in [4.69, 9.17) is 19.6 Å². The van der Waals surface area contributed by atoms with Gasteiger partial charge in [0.1, 0.15) is 18.2 Å². The van der Waals surface area contributed by atoms with Crippen LogP contribution in [0.4, 0.5) is 5.82 Å². The van der Waals surface area contributed by atoms with Crippen LogP contribution in [0.3, 0.4) is 0 Å².